The zero-order valence-electron chi connectivity index (χ0n) is 11.5. The number of H-pyrrole nitrogens is 1. The molecule has 0 amide bonds. The van der Waals surface area contributed by atoms with Crippen molar-refractivity contribution >= 4 is 34.3 Å². The number of rotatable bonds is 5. The summed E-state index contributed by atoms with van der Waals surface area (Å²) in [6.07, 6.45) is 1.58. The Labute approximate surface area is 127 Å². The second-order valence-electron chi connectivity index (χ2n) is 4.63. The normalized spacial score (nSPS) is 10.8. The fraction of sp³-hybridized carbons (Fsp3) is 0.214. The van der Waals surface area contributed by atoms with Gasteiger partial charge in [-0.15, -0.1) is 0 Å². The van der Waals surface area contributed by atoms with Crippen LogP contribution in [0.15, 0.2) is 36.7 Å². The van der Waals surface area contributed by atoms with Gasteiger partial charge in [-0.2, -0.15) is 9.97 Å². The molecule has 0 atom stereocenters. The number of aromatic amines is 1. The maximum Gasteiger partial charge on any atom is 0.226 e. The molecule has 0 aliphatic heterocycles. The zero-order valence-corrected chi connectivity index (χ0v) is 12.3. The average Bonchev–Trinajstić information content (AvgIpc) is 2.96. The third-order valence-electron chi connectivity index (χ3n) is 3.19. The second kappa shape index (κ2) is 5.97. The number of aromatic nitrogens is 4. The Morgan fingerprint density at radius 1 is 1.24 bits per heavy atom. The Balaban J connectivity index is 1.66. The quantitative estimate of drug-likeness (QED) is 0.709. The standard InChI is InChI=1S/C14H15ClN6/c1-21(10-5-3-2-4-6-10)8-7-16-12-11-13(18-9-17-11)20-14(15)19-12/h2-6,9H,7-8H2,1H3,(H2,16,17,18,19,20). The SMILES string of the molecule is CN(CCNc1nc(Cl)nc2nc[nH]c12)c1ccccc1. The minimum Gasteiger partial charge on any atom is -0.373 e. The summed E-state index contributed by atoms with van der Waals surface area (Å²) in [7, 11) is 2.05. The van der Waals surface area contributed by atoms with Gasteiger partial charge in [0.1, 0.15) is 5.52 Å². The number of halogens is 1. The van der Waals surface area contributed by atoms with Gasteiger partial charge in [-0.1, -0.05) is 18.2 Å². The monoisotopic (exact) mass is 302 g/mol. The highest BCUT2D eigenvalue weighted by Crippen LogP contribution is 2.18. The molecular formula is C14H15ClN6. The van der Waals surface area contributed by atoms with Crippen molar-refractivity contribution in [3.63, 3.8) is 0 Å². The van der Waals surface area contributed by atoms with Gasteiger partial charge < -0.3 is 15.2 Å². The summed E-state index contributed by atoms with van der Waals surface area (Å²) in [6, 6.07) is 10.2. The van der Waals surface area contributed by atoms with Crippen LogP contribution >= 0.6 is 11.6 Å². The molecule has 0 aliphatic carbocycles. The summed E-state index contributed by atoms with van der Waals surface area (Å²) in [5, 5.41) is 3.46. The summed E-state index contributed by atoms with van der Waals surface area (Å²) in [5.41, 5.74) is 2.50. The summed E-state index contributed by atoms with van der Waals surface area (Å²) in [4.78, 5) is 17.5. The molecular weight excluding hydrogens is 288 g/mol. The molecule has 2 aromatic heterocycles. The highest BCUT2D eigenvalue weighted by molar-refractivity contribution is 6.28. The molecule has 1 aromatic carbocycles. The highest BCUT2D eigenvalue weighted by Gasteiger charge is 2.08. The minimum atomic E-state index is 0.188. The van der Waals surface area contributed by atoms with Crippen molar-refractivity contribution < 1.29 is 0 Å². The number of fused-ring (bicyclic) bond motifs is 1. The number of likely N-dealkylation sites (N-methyl/N-ethyl adjacent to an activating group) is 1. The van der Waals surface area contributed by atoms with Crippen LogP contribution in [0.5, 0.6) is 0 Å². The lowest BCUT2D eigenvalue weighted by molar-refractivity contribution is 0.910. The molecule has 21 heavy (non-hydrogen) atoms. The van der Waals surface area contributed by atoms with Crippen molar-refractivity contribution in [3.8, 4) is 0 Å². The van der Waals surface area contributed by atoms with Crippen LogP contribution in [0, 0.1) is 0 Å². The zero-order chi connectivity index (χ0) is 14.7. The molecule has 108 valence electrons. The number of imidazole rings is 1. The van der Waals surface area contributed by atoms with E-state index in [1.807, 2.05) is 18.2 Å². The van der Waals surface area contributed by atoms with Crippen LogP contribution in [0.4, 0.5) is 11.5 Å². The molecule has 0 aliphatic rings. The Morgan fingerprint density at radius 2 is 2.05 bits per heavy atom. The van der Waals surface area contributed by atoms with Crippen LogP contribution in [0.3, 0.4) is 0 Å². The van der Waals surface area contributed by atoms with E-state index in [9.17, 15) is 0 Å². The number of benzene rings is 1. The number of anilines is 2. The van der Waals surface area contributed by atoms with Crippen LogP contribution in [0.2, 0.25) is 5.28 Å². The van der Waals surface area contributed by atoms with Crippen LogP contribution in [0.1, 0.15) is 0 Å². The first-order valence-electron chi connectivity index (χ1n) is 6.61. The molecule has 2 N–H and O–H groups in total. The molecule has 7 heteroatoms. The fourth-order valence-electron chi connectivity index (χ4n) is 2.09. The number of nitrogens with one attached hydrogen (secondary N) is 2. The first-order valence-corrected chi connectivity index (χ1v) is 6.98. The van der Waals surface area contributed by atoms with E-state index in [1.165, 1.54) is 5.69 Å². The highest BCUT2D eigenvalue weighted by atomic mass is 35.5. The number of hydrogen-bond donors (Lipinski definition) is 2. The van der Waals surface area contributed by atoms with Crippen molar-refractivity contribution in [2.45, 2.75) is 0 Å². The fourth-order valence-corrected chi connectivity index (χ4v) is 2.25. The van der Waals surface area contributed by atoms with Crippen LogP contribution in [-0.2, 0) is 0 Å². The predicted octanol–water partition coefficient (Wildman–Crippen LogP) is 2.55. The Kier molecular flexibility index (Phi) is 3.87. The van der Waals surface area contributed by atoms with Crippen LogP contribution < -0.4 is 10.2 Å². The average molecular weight is 303 g/mol. The van der Waals surface area contributed by atoms with Crippen LogP contribution in [-0.4, -0.2) is 40.1 Å². The van der Waals surface area contributed by atoms with Gasteiger partial charge in [0.05, 0.1) is 6.33 Å². The smallest absolute Gasteiger partial charge is 0.226 e. The molecule has 0 saturated heterocycles. The Bertz CT molecular complexity index is 727. The molecule has 3 aromatic rings. The largest absolute Gasteiger partial charge is 0.373 e. The minimum absolute atomic E-state index is 0.188. The molecule has 0 fully saturated rings. The van der Waals surface area contributed by atoms with Crippen molar-refractivity contribution in [1.82, 2.24) is 19.9 Å². The van der Waals surface area contributed by atoms with E-state index in [2.05, 4.69) is 49.3 Å². The Morgan fingerprint density at radius 3 is 2.86 bits per heavy atom. The number of nitrogens with zero attached hydrogens (tertiary/aromatic N) is 4. The van der Waals surface area contributed by atoms with E-state index in [4.69, 9.17) is 11.6 Å². The molecule has 0 radical (unpaired) electrons. The van der Waals surface area contributed by atoms with E-state index < -0.39 is 0 Å². The maximum absolute atomic E-state index is 5.89. The van der Waals surface area contributed by atoms with Gasteiger partial charge in [-0.3, -0.25) is 0 Å². The molecule has 0 bridgehead atoms. The Hall–Kier alpha value is -2.34. The van der Waals surface area contributed by atoms with Crippen molar-refractivity contribution in [3.05, 3.63) is 41.9 Å². The lowest BCUT2D eigenvalue weighted by Gasteiger charge is -2.19. The van der Waals surface area contributed by atoms with E-state index in [0.29, 0.717) is 11.5 Å². The predicted molar refractivity (Wildman–Crippen MR) is 84.9 cm³/mol. The first-order chi connectivity index (χ1) is 10.2. The van der Waals surface area contributed by atoms with Gasteiger partial charge in [0.2, 0.25) is 5.28 Å². The molecule has 0 spiro atoms. The molecule has 6 nitrogen and oxygen atoms in total. The molecule has 3 rings (SSSR count). The van der Waals surface area contributed by atoms with Gasteiger partial charge >= 0.3 is 0 Å². The summed E-state index contributed by atoms with van der Waals surface area (Å²) < 4.78 is 0. The van der Waals surface area contributed by atoms with E-state index >= 15 is 0 Å². The van der Waals surface area contributed by atoms with Crippen LogP contribution in [0.25, 0.3) is 11.2 Å². The molecule has 2 heterocycles. The van der Waals surface area contributed by atoms with E-state index in [0.717, 1.165) is 18.6 Å². The molecule has 0 saturated carbocycles. The van der Waals surface area contributed by atoms with E-state index in [1.54, 1.807) is 6.33 Å². The lowest BCUT2D eigenvalue weighted by atomic mass is 10.3. The number of para-hydroxylation sites is 1. The molecule has 0 unspecified atom stereocenters. The summed E-state index contributed by atoms with van der Waals surface area (Å²) in [5.74, 6) is 0.670. The lowest BCUT2D eigenvalue weighted by Crippen LogP contribution is -2.25. The summed E-state index contributed by atoms with van der Waals surface area (Å²) in [6.45, 7) is 1.56. The van der Waals surface area contributed by atoms with E-state index in [-0.39, 0.29) is 5.28 Å². The van der Waals surface area contributed by atoms with Gasteiger partial charge in [-0.25, -0.2) is 4.98 Å². The first kappa shape index (κ1) is 13.6. The third-order valence-corrected chi connectivity index (χ3v) is 3.36. The maximum atomic E-state index is 5.89. The number of hydrogen-bond acceptors (Lipinski definition) is 5. The topological polar surface area (TPSA) is 69.7 Å². The van der Waals surface area contributed by atoms with Gasteiger partial charge in [0, 0.05) is 25.8 Å². The third kappa shape index (κ3) is 3.05. The van der Waals surface area contributed by atoms with Crippen molar-refractivity contribution in [1.29, 1.82) is 0 Å². The second-order valence-corrected chi connectivity index (χ2v) is 4.96. The van der Waals surface area contributed by atoms with Gasteiger partial charge in [0.25, 0.3) is 0 Å². The van der Waals surface area contributed by atoms with Gasteiger partial charge in [-0.05, 0) is 23.7 Å². The van der Waals surface area contributed by atoms with Crippen molar-refractivity contribution in [2.75, 3.05) is 30.4 Å². The summed E-state index contributed by atoms with van der Waals surface area (Å²) >= 11 is 5.89. The van der Waals surface area contributed by atoms with Crippen molar-refractivity contribution in [2.24, 2.45) is 0 Å². The van der Waals surface area contributed by atoms with Gasteiger partial charge in [0.15, 0.2) is 11.5 Å².